The van der Waals surface area contributed by atoms with Crippen LogP contribution in [-0.4, -0.2) is 12.1 Å². The second-order valence-corrected chi connectivity index (χ2v) is 8.68. The maximum absolute atomic E-state index is 13.2. The van der Waals surface area contributed by atoms with E-state index in [1.165, 1.54) is 0 Å². The van der Waals surface area contributed by atoms with Crippen LogP contribution in [0.2, 0.25) is 0 Å². The topological polar surface area (TPSA) is 94.8 Å². The summed E-state index contributed by atoms with van der Waals surface area (Å²) in [5.74, 6) is -0.482. The first-order valence-corrected chi connectivity index (χ1v) is 11.9. The highest BCUT2D eigenvalue weighted by molar-refractivity contribution is 5.86. The lowest BCUT2D eigenvalue weighted by atomic mass is 9.91. The van der Waals surface area contributed by atoms with Crippen LogP contribution in [0, 0.1) is 0 Å². The normalized spacial score (nSPS) is 13.4. The number of nitrogens with one attached hydrogen (secondary N) is 1. The van der Waals surface area contributed by atoms with Gasteiger partial charge in [0.1, 0.15) is 17.9 Å². The van der Waals surface area contributed by atoms with Crippen LogP contribution in [0.1, 0.15) is 41.1 Å². The van der Waals surface area contributed by atoms with Crippen molar-refractivity contribution in [2.45, 2.75) is 38.3 Å². The van der Waals surface area contributed by atoms with Gasteiger partial charge in [-0.2, -0.15) is 0 Å². The van der Waals surface area contributed by atoms with E-state index in [2.05, 4.69) is 5.32 Å². The number of hydrogen-bond acceptors (Lipinski definition) is 6. The number of amides is 1. The van der Waals surface area contributed by atoms with Crippen LogP contribution in [0.5, 0.6) is 5.75 Å². The van der Waals surface area contributed by atoms with E-state index in [1.54, 1.807) is 36.4 Å². The predicted molar refractivity (Wildman–Crippen MR) is 134 cm³/mol. The molecule has 1 aromatic heterocycles. The number of hydrogen-bond donors (Lipinski definition) is 1. The van der Waals surface area contributed by atoms with Crippen LogP contribution in [0.4, 0.5) is 4.79 Å². The van der Waals surface area contributed by atoms with Gasteiger partial charge in [-0.3, -0.25) is 0 Å². The number of carbonyl (C=O) groups is 2. The third kappa shape index (κ3) is 5.15. The molecule has 0 radical (unpaired) electrons. The van der Waals surface area contributed by atoms with Gasteiger partial charge in [-0.1, -0.05) is 60.7 Å². The average molecular weight is 484 g/mol. The van der Waals surface area contributed by atoms with Crippen molar-refractivity contribution in [1.29, 1.82) is 0 Å². The number of rotatable bonds is 6. The first kappa shape index (κ1) is 23.4. The lowest BCUT2D eigenvalue weighted by Crippen LogP contribution is -2.36. The summed E-state index contributed by atoms with van der Waals surface area (Å²) in [6.07, 6.45) is 2.78. The fourth-order valence-electron chi connectivity index (χ4n) is 4.47. The summed E-state index contributed by atoms with van der Waals surface area (Å²) in [4.78, 5) is 38.1. The van der Waals surface area contributed by atoms with E-state index >= 15 is 0 Å². The zero-order chi connectivity index (χ0) is 24.9. The summed E-state index contributed by atoms with van der Waals surface area (Å²) in [7, 11) is 0. The number of benzene rings is 3. The number of fused-ring (bicyclic) bond motifs is 3. The Balaban J connectivity index is 1.35. The van der Waals surface area contributed by atoms with Gasteiger partial charge in [-0.05, 0) is 54.5 Å². The maximum atomic E-state index is 13.2. The van der Waals surface area contributed by atoms with Gasteiger partial charge in [-0.25, -0.2) is 14.4 Å². The summed E-state index contributed by atoms with van der Waals surface area (Å²) in [6.45, 7) is 0.0667. The number of esters is 1. The Labute approximate surface area is 207 Å². The molecule has 36 heavy (non-hydrogen) atoms. The molecule has 7 heteroatoms. The minimum atomic E-state index is -1.10. The summed E-state index contributed by atoms with van der Waals surface area (Å²) in [5, 5.41) is 3.45. The Kier molecular flexibility index (Phi) is 6.80. The van der Waals surface area contributed by atoms with Crippen LogP contribution in [-0.2, 0) is 29.0 Å². The lowest BCUT2D eigenvalue weighted by Gasteiger charge is -2.19. The third-order valence-electron chi connectivity index (χ3n) is 6.26. The molecular formula is C29H25NO6. The number of ether oxygens (including phenoxy) is 2. The van der Waals surface area contributed by atoms with Gasteiger partial charge >= 0.3 is 17.7 Å². The van der Waals surface area contributed by atoms with Crippen LogP contribution in [0.3, 0.4) is 0 Å². The number of aryl methyl sites for hydroxylation is 1. The van der Waals surface area contributed by atoms with E-state index in [1.807, 2.05) is 42.5 Å². The van der Waals surface area contributed by atoms with Gasteiger partial charge in [-0.15, -0.1) is 0 Å². The molecule has 1 heterocycles. The fourth-order valence-corrected chi connectivity index (χ4v) is 4.47. The first-order valence-electron chi connectivity index (χ1n) is 11.9. The Morgan fingerprint density at radius 1 is 0.889 bits per heavy atom. The fraction of sp³-hybridized carbons (Fsp3) is 0.207. The molecule has 1 aliphatic rings. The molecule has 182 valence electrons. The van der Waals surface area contributed by atoms with Crippen molar-refractivity contribution < 1.29 is 23.5 Å². The third-order valence-corrected chi connectivity index (χ3v) is 6.26. The van der Waals surface area contributed by atoms with E-state index in [-0.39, 0.29) is 18.0 Å². The van der Waals surface area contributed by atoms with Crippen molar-refractivity contribution in [1.82, 2.24) is 5.32 Å². The van der Waals surface area contributed by atoms with Crippen molar-refractivity contribution in [3.05, 3.63) is 112 Å². The largest absolute Gasteiger partial charge is 0.445 e. The van der Waals surface area contributed by atoms with Gasteiger partial charge in [0.2, 0.25) is 0 Å². The van der Waals surface area contributed by atoms with Crippen molar-refractivity contribution in [3.63, 3.8) is 0 Å². The molecule has 1 atom stereocenters. The van der Waals surface area contributed by atoms with E-state index < -0.39 is 18.1 Å². The van der Waals surface area contributed by atoms with Crippen LogP contribution >= 0.6 is 0 Å². The Bertz CT molecular complexity index is 1450. The highest BCUT2D eigenvalue weighted by atomic mass is 16.6. The molecule has 1 N–H and O–H groups in total. The van der Waals surface area contributed by atoms with Gasteiger partial charge in [0.25, 0.3) is 0 Å². The number of alkyl carbamates (subject to hydrolysis) is 1. The molecule has 4 aromatic rings. The van der Waals surface area contributed by atoms with Crippen molar-refractivity contribution in [2.75, 3.05) is 0 Å². The van der Waals surface area contributed by atoms with Gasteiger partial charge in [0, 0.05) is 17.0 Å². The van der Waals surface area contributed by atoms with Crippen LogP contribution in [0.25, 0.3) is 11.0 Å². The molecule has 1 aliphatic carbocycles. The van der Waals surface area contributed by atoms with E-state index in [9.17, 15) is 14.4 Å². The van der Waals surface area contributed by atoms with E-state index in [0.717, 1.165) is 47.8 Å². The standard InChI is InChI=1S/C29H25NO6/c31-27-24-14-8-7-13-22(24)23-16-15-21(17-25(23)36-27)35-28(32)26(20-11-5-2-6-12-20)30-29(33)34-18-19-9-3-1-4-10-19/h1-6,9-12,15-17,26H,7-8,13-14,18H2,(H,30,33)/t26-/m0/s1. The van der Waals surface area contributed by atoms with Gasteiger partial charge < -0.3 is 19.2 Å². The minimum absolute atomic E-state index is 0.0667. The second-order valence-electron chi connectivity index (χ2n) is 8.68. The Hall–Kier alpha value is -4.39. The van der Waals surface area contributed by atoms with Crippen LogP contribution < -0.4 is 15.7 Å². The molecular weight excluding hydrogens is 458 g/mol. The molecule has 0 fully saturated rings. The summed E-state index contributed by atoms with van der Waals surface area (Å²) in [5.41, 5.74) is 3.14. The summed E-state index contributed by atoms with van der Waals surface area (Å²) >= 11 is 0. The smallest absolute Gasteiger partial charge is 0.408 e. The zero-order valence-electron chi connectivity index (χ0n) is 19.6. The van der Waals surface area contributed by atoms with E-state index in [4.69, 9.17) is 13.9 Å². The SMILES string of the molecule is O=C(N[C@H](C(=O)Oc1ccc2c3c(c(=O)oc2c1)CCCC3)c1ccccc1)OCc1ccccc1. The van der Waals surface area contributed by atoms with Crippen molar-refractivity contribution in [2.24, 2.45) is 0 Å². The quantitative estimate of drug-likeness (QED) is 0.229. The summed E-state index contributed by atoms with van der Waals surface area (Å²) in [6, 6.07) is 21.9. The summed E-state index contributed by atoms with van der Waals surface area (Å²) < 4.78 is 16.4. The molecule has 5 rings (SSSR count). The highest BCUT2D eigenvalue weighted by Crippen LogP contribution is 2.29. The lowest BCUT2D eigenvalue weighted by molar-refractivity contribution is -0.136. The molecule has 7 nitrogen and oxygen atoms in total. The second kappa shape index (κ2) is 10.5. The molecule has 0 bridgehead atoms. The molecule has 0 saturated carbocycles. The van der Waals surface area contributed by atoms with E-state index in [0.29, 0.717) is 11.1 Å². The first-order chi connectivity index (χ1) is 17.6. The maximum Gasteiger partial charge on any atom is 0.408 e. The molecule has 0 aliphatic heterocycles. The molecule has 0 spiro atoms. The van der Waals surface area contributed by atoms with Crippen molar-refractivity contribution in [3.8, 4) is 5.75 Å². The monoisotopic (exact) mass is 483 g/mol. The van der Waals surface area contributed by atoms with Crippen LogP contribution in [0.15, 0.2) is 88.1 Å². The van der Waals surface area contributed by atoms with Crippen molar-refractivity contribution >= 4 is 23.0 Å². The molecule has 0 unspecified atom stereocenters. The molecule has 0 saturated heterocycles. The molecule has 1 amide bonds. The predicted octanol–water partition coefficient (Wildman–Crippen LogP) is 5.24. The Morgan fingerprint density at radius 2 is 1.58 bits per heavy atom. The van der Waals surface area contributed by atoms with Gasteiger partial charge in [0.15, 0.2) is 6.04 Å². The average Bonchev–Trinajstić information content (AvgIpc) is 2.91. The minimum Gasteiger partial charge on any atom is -0.445 e. The number of carbonyl (C=O) groups excluding carboxylic acids is 2. The Morgan fingerprint density at radius 3 is 2.33 bits per heavy atom. The zero-order valence-corrected chi connectivity index (χ0v) is 19.6. The highest BCUT2D eigenvalue weighted by Gasteiger charge is 2.26. The van der Waals surface area contributed by atoms with Gasteiger partial charge in [0.05, 0.1) is 0 Å². The molecule has 3 aromatic carbocycles.